The summed E-state index contributed by atoms with van der Waals surface area (Å²) >= 11 is 0. The zero-order valence-electron chi connectivity index (χ0n) is 14.4. The molecule has 1 heterocycles. The highest BCUT2D eigenvalue weighted by Gasteiger charge is 2.47. The second-order valence-corrected chi connectivity index (χ2v) is 7.53. The Morgan fingerprint density at radius 3 is 2.92 bits per heavy atom. The minimum absolute atomic E-state index is 0.0809. The third-order valence-corrected chi connectivity index (χ3v) is 5.89. The van der Waals surface area contributed by atoms with Gasteiger partial charge in [-0.1, -0.05) is 11.6 Å². The Balaban J connectivity index is 1.49. The van der Waals surface area contributed by atoms with Crippen LogP contribution in [-0.2, 0) is 14.3 Å². The number of aliphatic hydroxyl groups excluding tert-OH is 1. The van der Waals surface area contributed by atoms with Crippen molar-refractivity contribution in [2.24, 2.45) is 17.8 Å². The van der Waals surface area contributed by atoms with Crippen molar-refractivity contribution in [1.29, 1.82) is 0 Å². The monoisotopic (exact) mass is 338 g/mol. The Labute approximate surface area is 144 Å². The lowest BCUT2D eigenvalue weighted by molar-refractivity contribution is -0.198. The van der Waals surface area contributed by atoms with Gasteiger partial charge in [-0.05, 0) is 63.2 Å². The van der Waals surface area contributed by atoms with Crippen molar-refractivity contribution >= 4 is 5.97 Å². The molecule has 1 aliphatic heterocycles. The Morgan fingerprint density at radius 2 is 2.21 bits per heavy atom. The molecule has 3 rings (SSSR count). The summed E-state index contributed by atoms with van der Waals surface area (Å²) in [7, 11) is 0. The van der Waals surface area contributed by atoms with Crippen LogP contribution in [0.3, 0.4) is 0 Å². The first-order valence-corrected chi connectivity index (χ1v) is 9.45. The maximum Gasteiger partial charge on any atom is 0.303 e. The maximum atomic E-state index is 10.6. The van der Waals surface area contributed by atoms with E-state index in [4.69, 9.17) is 14.6 Å². The number of aliphatic carboxylic acids is 1. The second kappa shape index (κ2) is 8.45. The highest BCUT2D eigenvalue weighted by atomic mass is 16.7. The Bertz CT molecular complexity index is 455. The fourth-order valence-corrected chi connectivity index (χ4v) is 4.70. The van der Waals surface area contributed by atoms with Crippen LogP contribution in [0.25, 0.3) is 0 Å². The molecule has 2 aliphatic carbocycles. The molecule has 136 valence electrons. The van der Waals surface area contributed by atoms with E-state index in [0.717, 1.165) is 51.6 Å². The van der Waals surface area contributed by atoms with Crippen LogP contribution in [0.15, 0.2) is 11.6 Å². The highest BCUT2D eigenvalue weighted by molar-refractivity contribution is 5.66. The number of rotatable bonds is 7. The molecule has 0 radical (unpaired) electrons. The average molecular weight is 338 g/mol. The number of hydrogen-bond donors (Lipinski definition) is 2. The van der Waals surface area contributed by atoms with Gasteiger partial charge in [-0.25, -0.2) is 0 Å². The number of fused-ring (bicyclic) bond motifs is 1. The summed E-state index contributed by atoms with van der Waals surface area (Å²) in [4.78, 5) is 10.6. The van der Waals surface area contributed by atoms with Crippen molar-refractivity contribution in [1.82, 2.24) is 0 Å². The number of carbonyl (C=O) groups is 1. The normalized spacial score (nSPS) is 37.7. The second-order valence-electron chi connectivity index (χ2n) is 7.53. The quantitative estimate of drug-likeness (QED) is 0.551. The summed E-state index contributed by atoms with van der Waals surface area (Å²) in [6.07, 6.45) is 10.5. The summed E-state index contributed by atoms with van der Waals surface area (Å²) in [6, 6.07) is 0. The molecule has 0 bridgehead atoms. The number of carboxylic acid groups (broad SMARTS) is 1. The van der Waals surface area contributed by atoms with Gasteiger partial charge in [-0.15, -0.1) is 0 Å². The van der Waals surface area contributed by atoms with E-state index >= 15 is 0 Å². The molecule has 2 saturated carbocycles. The van der Waals surface area contributed by atoms with Gasteiger partial charge < -0.3 is 19.7 Å². The van der Waals surface area contributed by atoms with Crippen molar-refractivity contribution in [2.45, 2.75) is 70.2 Å². The lowest BCUT2D eigenvalue weighted by Gasteiger charge is -2.29. The van der Waals surface area contributed by atoms with E-state index < -0.39 is 5.97 Å². The standard InChI is InChI=1S/C19H30O5/c20-12-16-15-10-13(5-1-2-6-18(21)22)9-14(15)11-17(16)24-19-7-3-4-8-23-19/h5,14-17,19-20H,1-4,6-12H2,(H,21,22). The van der Waals surface area contributed by atoms with Crippen LogP contribution in [0.4, 0.5) is 0 Å². The van der Waals surface area contributed by atoms with Gasteiger partial charge in [0.15, 0.2) is 6.29 Å². The summed E-state index contributed by atoms with van der Waals surface area (Å²) in [6.45, 7) is 0.974. The van der Waals surface area contributed by atoms with E-state index in [1.54, 1.807) is 0 Å². The number of hydrogen-bond acceptors (Lipinski definition) is 4. The van der Waals surface area contributed by atoms with Crippen LogP contribution in [-0.4, -0.2) is 41.8 Å². The van der Waals surface area contributed by atoms with Crippen LogP contribution < -0.4 is 0 Å². The molecule has 3 fully saturated rings. The van der Waals surface area contributed by atoms with Crippen LogP contribution in [0.2, 0.25) is 0 Å². The third-order valence-electron chi connectivity index (χ3n) is 5.89. The zero-order chi connectivity index (χ0) is 16.9. The molecule has 2 N–H and O–H groups in total. The van der Waals surface area contributed by atoms with E-state index in [0.29, 0.717) is 18.3 Å². The zero-order valence-corrected chi connectivity index (χ0v) is 14.4. The smallest absolute Gasteiger partial charge is 0.303 e. The number of aliphatic hydroxyl groups is 1. The van der Waals surface area contributed by atoms with Crippen molar-refractivity contribution in [2.75, 3.05) is 13.2 Å². The van der Waals surface area contributed by atoms with E-state index in [1.165, 1.54) is 5.57 Å². The molecule has 0 spiro atoms. The first-order valence-electron chi connectivity index (χ1n) is 9.45. The molecule has 1 saturated heterocycles. The van der Waals surface area contributed by atoms with E-state index in [1.807, 2.05) is 0 Å². The van der Waals surface area contributed by atoms with Gasteiger partial charge in [0.1, 0.15) is 0 Å². The lowest BCUT2D eigenvalue weighted by Crippen LogP contribution is -2.32. The maximum absolute atomic E-state index is 10.6. The molecule has 0 aromatic carbocycles. The minimum Gasteiger partial charge on any atom is -0.481 e. The van der Waals surface area contributed by atoms with Gasteiger partial charge in [0.2, 0.25) is 0 Å². The van der Waals surface area contributed by atoms with E-state index in [-0.39, 0.29) is 31.3 Å². The van der Waals surface area contributed by atoms with Crippen molar-refractivity contribution in [3.05, 3.63) is 11.6 Å². The van der Waals surface area contributed by atoms with Gasteiger partial charge in [0.05, 0.1) is 6.10 Å². The minimum atomic E-state index is -0.720. The summed E-state index contributed by atoms with van der Waals surface area (Å²) < 4.78 is 11.9. The van der Waals surface area contributed by atoms with Crippen LogP contribution in [0.5, 0.6) is 0 Å². The van der Waals surface area contributed by atoms with Gasteiger partial charge in [0.25, 0.3) is 0 Å². The number of ether oxygens (including phenoxy) is 2. The fraction of sp³-hybridized carbons (Fsp3) is 0.842. The molecule has 24 heavy (non-hydrogen) atoms. The van der Waals surface area contributed by atoms with Crippen molar-refractivity contribution < 1.29 is 24.5 Å². The Hall–Kier alpha value is -0.910. The molecule has 5 unspecified atom stereocenters. The number of allylic oxidation sites excluding steroid dienone is 2. The molecular formula is C19H30O5. The van der Waals surface area contributed by atoms with Gasteiger partial charge in [-0.3, -0.25) is 4.79 Å². The molecule has 5 nitrogen and oxygen atoms in total. The molecule has 5 heteroatoms. The molecular weight excluding hydrogens is 308 g/mol. The van der Waals surface area contributed by atoms with Gasteiger partial charge in [0, 0.05) is 25.6 Å². The van der Waals surface area contributed by atoms with Gasteiger partial charge in [-0.2, -0.15) is 0 Å². The van der Waals surface area contributed by atoms with Crippen LogP contribution >= 0.6 is 0 Å². The van der Waals surface area contributed by atoms with E-state index in [2.05, 4.69) is 6.08 Å². The predicted octanol–water partition coefficient (Wildman–Crippen LogP) is 3.12. The Morgan fingerprint density at radius 1 is 1.33 bits per heavy atom. The summed E-state index contributed by atoms with van der Waals surface area (Å²) in [5.41, 5.74) is 1.45. The molecule has 0 amide bonds. The van der Waals surface area contributed by atoms with Crippen LogP contribution in [0.1, 0.15) is 57.8 Å². The van der Waals surface area contributed by atoms with Gasteiger partial charge >= 0.3 is 5.97 Å². The number of carboxylic acids is 1. The SMILES string of the molecule is O=C(O)CCCC=C1CC2CC(OC3CCCCO3)C(CO)C2C1. The largest absolute Gasteiger partial charge is 0.481 e. The molecule has 5 atom stereocenters. The molecule has 0 aromatic heterocycles. The molecule has 3 aliphatic rings. The fourth-order valence-electron chi connectivity index (χ4n) is 4.70. The Kier molecular flexibility index (Phi) is 6.31. The first kappa shape index (κ1) is 17.9. The van der Waals surface area contributed by atoms with Crippen molar-refractivity contribution in [3.63, 3.8) is 0 Å². The number of unbranched alkanes of at least 4 members (excludes halogenated alkanes) is 1. The van der Waals surface area contributed by atoms with Crippen LogP contribution in [0, 0.1) is 17.8 Å². The van der Waals surface area contributed by atoms with E-state index in [9.17, 15) is 9.90 Å². The lowest BCUT2D eigenvalue weighted by atomic mass is 9.92. The molecule has 0 aromatic rings. The third kappa shape index (κ3) is 4.38. The topological polar surface area (TPSA) is 76.0 Å². The predicted molar refractivity (Wildman–Crippen MR) is 89.4 cm³/mol. The highest BCUT2D eigenvalue weighted by Crippen LogP contribution is 2.51. The van der Waals surface area contributed by atoms with Crippen molar-refractivity contribution in [3.8, 4) is 0 Å². The summed E-state index contributed by atoms with van der Waals surface area (Å²) in [5, 5.41) is 18.6. The summed E-state index contributed by atoms with van der Waals surface area (Å²) in [5.74, 6) is 0.600. The first-order chi connectivity index (χ1) is 11.7. The average Bonchev–Trinajstić information content (AvgIpc) is 3.09.